The molecule has 0 spiro atoms. The molecule has 1 heterocycles. The summed E-state index contributed by atoms with van der Waals surface area (Å²) in [5.41, 5.74) is 4.45. The molecule has 0 unspecified atom stereocenters. The van der Waals surface area contributed by atoms with E-state index in [9.17, 15) is 13.2 Å². The lowest BCUT2D eigenvalue weighted by Gasteiger charge is -2.03. The maximum atomic E-state index is 12.7. The molecule has 0 aliphatic rings. The third-order valence-corrected chi connectivity index (χ3v) is 2.05. The van der Waals surface area contributed by atoms with E-state index in [1.54, 1.807) is 22.6 Å². The van der Waals surface area contributed by atoms with Crippen LogP contribution >= 0.6 is 22.6 Å². The summed E-state index contributed by atoms with van der Waals surface area (Å²) in [4.78, 5) is 3.31. The van der Waals surface area contributed by atoms with Crippen molar-refractivity contribution in [2.75, 3.05) is 5.73 Å². The van der Waals surface area contributed by atoms with Gasteiger partial charge in [-0.1, -0.05) is 0 Å². The number of rotatable bonds is 1. The number of nitrogens with zero attached hydrogens (tertiary/aromatic N) is 1. The number of nitrogens with two attached hydrogens (primary N) is 1. The summed E-state index contributed by atoms with van der Waals surface area (Å²) in [7, 11) is 0. The van der Waals surface area contributed by atoms with Crippen LogP contribution in [0.3, 0.4) is 0 Å². The van der Waals surface area contributed by atoms with Crippen LogP contribution in [0, 0.1) is 9.52 Å². The van der Waals surface area contributed by atoms with Gasteiger partial charge < -0.3 is 5.73 Å². The first-order chi connectivity index (χ1) is 5.52. The molecular weight excluding hydrogens is 284 g/mol. The minimum Gasteiger partial charge on any atom is -0.397 e. The van der Waals surface area contributed by atoms with Crippen molar-refractivity contribution < 1.29 is 13.2 Å². The standard InChI is InChI=1S/C6H4F3IN2/c7-2-1-3(11)6(10)12-4(2)5(8)9/h1,5H,11H2. The first kappa shape index (κ1) is 9.56. The fraction of sp³-hybridized carbons (Fsp3) is 0.167. The zero-order chi connectivity index (χ0) is 9.30. The van der Waals surface area contributed by atoms with Gasteiger partial charge in [-0.3, -0.25) is 0 Å². The summed E-state index contributed by atoms with van der Waals surface area (Å²) < 4.78 is 36.8. The Bertz CT molecular complexity index is 303. The number of anilines is 1. The van der Waals surface area contributed by atoms with Gasteiger partial charge in [-0.2, -0.15) is 0 Å². The number of pyridine rings is 1. The molecule has 2 nitrogen and oxygen atoms in total. The smallest absolute Gasteiger partial charge is 0.283 e. The van der Waals surface area contributed by atoms with Gasteiger partial charge >= 0.3 is 0 Å². The van der Waals surface area contributed by atoms with Gasteiger partial charge in [-0.05, 0) is 22.6 Å². The molecular formula is C6H4F3IN2. The predicted octanol–water partition coefficient (Wildman–Crippen LogP) is 2.35. The van der Waals surface area contributed by atoms with Crippen molar-refractivity contribution >= 4 is 28.3 Å². The Morgan fingerprint density at radius 3 is 2.58 bits per heavy atom. The van der Waals surface area contributed by atoms with Crippen molar-refractivity contribution in [1.29, 1.82) is 0 Å². The molecule has 1 aromatic heterocycles. The maximum Gasteiger partial charge on any atom is 0.283 e. The summed E-state index contributed by atoms with van der Waals surface area (Å²) >= 11 is 1.66. The van der Waals surface area contributed by atoms with Crippen LogP contribution in [-0.4, -0.2) is 4.98 Å². The quantitative estimate of drug-likeness (QED) is 0.636. The number of halogens is 4. The second-order valence-electron chi connectivity index (χ2n) is 2.04. The van der Waals surface area contributed by atoms with Crippen LogP contribution in [0.15, 0.2) is 6.07 Å². The molecule has 2 N–H and O–H groups in total. The van der Waals surface area contributed by atoms with E-state index < -0.39 is 17.9 Å². The fourth-order valence-corrected chi connectivity index (χ4v) is 1.06. The Morgan fingerprint density at radius 1 is 1.50 bits per heavy atom. The Balaban J connectivity index is 3.23. The number of nitrogen functional groups attached to an aromatic ring is 1. The summed E-state index contributed by atoms with van der Waals surface area (Å²) in [6.45, 7) is 0. The summed E-state index contributed by atoms with van der Waals surface area (Å²) in [6.07, 6.45) is -2.90. The van der Waals surface area contributed by atoms with E-state index in [4.69, 9.17) is 5.73 Å². The molecule has 0 saturated heterocycles. The lowest BCUT2D eigenvalue weighted by molar-refractivity contribution is 0.140. The average Bonchev–Trinajstić information content (AvgIpc) is 1.96. The molecule has 0 bridgehead atoms. The van der Waals surface area contributed by atoms with Crippen molar-refractivity contribution in [2.45, 2.75) is 6.43 Å². The summed E-state index contributed by atoms with van der Waals surface area (Å²) in [5, 5.41) is 0. The second kappa shape index (κ2) is 3.46. The zero-order valence-electron chi connectivity index (χ0n) is 5.69. The lowest BCUT2D eigenvalue weighted by atomic mass is 10.3. The summed E-state index contributed by atoms with van der Waals surface area (Å²) in [5.74, 6) is -1.07. The number of hydrogen-bond donors (Lipinski definition) is 1. The minimum absolute atomic E-state index is 0.0671. The highest BCUT2D eigenvalue weighted by Gasteiger charge is 2.16. The summed E-state index contributed by atoms with van der Waals surface area (Å²) in [6, 6.07) is 0.844. The predicted molar refractivity (Wildman–Crippen MR) is 46.3 cm³/mol. The first-order valence-electron chi connectivity index (χ1n) is 2.92. The van der Waals surface area contributed by atoms with Crippen molar-refractivity contribution in [3.63, 3.8) is 0 Å². The Hall–Kier alpha value is -0.530. The van der Waals surface area contributed by atoms with E-state index in [-0.39, 0.29) is 9.39 Å². The van der Waals surface area contributed by atoms with Crippen LogP contribution in [0.5, 0.6) is 0 Å². The van der Waals surface area contributed by atoms with Gasteiger partial charge in [-0.25, -0.2) is 18.2 Å². The van der Waals surface area contributed by atoms with E-state index in [0.29, 0.717) is 0 Å². The second-order valence-corrected chi connectivity index (χ2v) is 3.06. The highest BCUT2D eigenvalue weighted by atomic mass is 127. The molecule has 0 aromatic carbocycles. The van der Waals surface area contributed by atoms with Crippen molar-refractivity contribution in [2.24, 2.45) is 0 Å². The van der Waals surface area contributed by atoms with Gasteiger partial charge in [0.2, 0.25) is 0 Å². The van der Waals surface area contributed by atoms with E-state index in [1.165, 1.54) is 0 Å². The monoisotopic (exact) mass is 288 g/mol. The van der Waals surface area contributed by atoms with Crippen LogP contribution in [0.25, 0.3) is 0 Å². The number of alkyl halides is 2. The Labute approximate surface area is 80.1 Å². The Kier molecular flexibility index (Phi) is 2.76. The highest BCUT2D eigenvalue weighted by Crippen LogP contribution is 2.23. The molecule has 0 saturated carbocycles. The third-order valence-electron chi connectivity index (χ3n) is 1.19. The van der Waals surface area contributed by atoms with Gasteiger partial charge in [0.1, 0.15) is 9.39 Å². The molecule has 0 fully saturated rings. The van der Waals surface area contributed by atoms with E-state index in [1.807, 2.05) is 0 Å². The van der Waals surface area contributed by atoms with Gasteiger partial charge in [0, 0.05) is 6.07 Å². The van der Waals surface area contributed by atoms with Crippen molar-refractivity contribution in [1.82, 2.24) is 4.98 Å². The molecule has 0 atom stereocenters. The molecule has 0 aliphatic heterocycles. The zero-order valence-corrected chi connectivity index (χ0v) is 7.85. The maximum absolute atomic E-state index is 12.7. The van der Waals surface area contributed by atoms with Crippen LogP contribution in [-0.2, 0) is 0 Å². The van der Waals surface area contributed by atoms with Crippen molar-refractivity contribution in [3.8, 4) is 0 Å². The highest BCUT2D eigenvalue weighted by molar-refractivity contribution is 14.1. The van der Waals surface area contributed by atoms with Crippen LogP contribution in [0.1, 0.15) is 12.1 Å². The Morgan fingerprint density at radius 2 is 2.08 bits per heavy atom. The van der Waals surface area contributed by atoms with Crippen LogP contribution < -0.4 is 5.73 Å². The van der Waals surface area contributed by atoms with Gasteiger partial charge in [0.05, 0.1) is 5.69 Å². The average molecular weight is 288 g/mol. The lowest BCUT2D eigenvalue weighted by Crippen LogP contribution is -2.01. The van der Waals surface area contributed by atoms with Crippen molar-refractivity contribution in [3.05, 3.63) is 21.3 Å². The fourth-order valence-electron chi connectivity index (χ4n) is 0.647. The molecule has 1 rings (SSSR count). The molecule has 0 aliphatic carbocycles. The number of hydrogen-bond acceptors (Lipinski definition) is 2. The molecule has 12 heavy (non-hydrogen) atoms. The normalized spacial score (nSPS) is 10.8. The largest absolute Gasteiger partial charge is 0.397 e. The van der Waals surface area contributed by atoms with E-state index in [0.717, 1.165) is 6.07 Å². The van der Waals surface area contributed by atoms with Gasteiger partial charge in [0.15, 0.2) is 5.82 Å². The van der Waals surface area contributed by atoms with E-state index in [2.05, 4.69) is 4.98 Å². The van der Waals surface area contributed by atoms with Gasteiger partial charge in [0.25, 0.3) is 6.43 Å². The number of aromatic nitrogens is 1. The SMILES string of the molecule is Nc1cc(F)c(C(F)F)nc1I. The van der Waals surface area contributed by atoms with Crippen LogP contribution in [0.4, 0.5) is 18.9 Å². The molecule has 6 heteroatoms. The minimum atomic E-state index is -2.90. The molecule has 0 radical (unpaired) electrons. The first-order valence-corrected chi connectivity index (χ1v) is 4.00. The third kappa shape index (κ3) is 1.79. The van der Waals surface area contributed by atoms with Gasteiger partial charge in [-0.15, -0.1) is 0 Å². The molecule has 66 valence electrons. The van der Waals surface area contributed by atoms with E-state index >= 15 is 0 Å². The van der Waals surface area contributed by atoms with Crippen LogP contribution in [0.2, 0.25) is 0 Å². The molecule has 1 aromatic rings. The molecule has 0 amide bonds. The topological polar surface area (TPSA) is 38.9 Å².